The monoisotopic (exact) mass is 362 g/mol. The molecule has 7 nitrogen and oxygen atoms in total. The lowest BCUT2D eigenvalue weighted by atomic mass is 10.1. The molecule has 0 spiro atoms. The Kier molecular flexibility index (Phi) is 5.55. The average Bonchev–Trinajstić information content (AvgIpc) is 2.61. The summed E-state index contributed by atoms with van der Waals surface area (Å²) in [5.74, 6) is -1.16. The molecular formula is C17H18N2O5S. The third-order valence-electron chi connectivity index (χ3n) is 3.61. The highest BCUT2D eigenvalue weighted by Gasteiger charge is 2.22. The number of rotatable bonds is 6. The summed E-state index contributed by atoms with van der Waals surface area (Å²) in [6.45, 7) is 0.101. The van der Waals surface area contributed by atoms with Gasteiger partial charge in [0, 0.05) is 19.2 Å². The minimum absolute atomic E-state index is 0.00773. The fourth-order valence-corrected chi connectivity index (χ4v) is 3.40. The van der Waals surface area contributed by atoms with Crippen molar-refractivity contribution in [3.8, 4) is 0 Å². The Labute approximate surface area is 146 Å². The van der Waals surface area contributed by atoms with E-state index in [9.17, 15) is 18.0 Å². The maximum atomic E-state index is 12.7. The highest BCUT2D eigenvalue weighted by atomic mass is 32.2. The van der Waals surface area contributed by atoms with Gasteiger partial charge in [-0.05, 0) is 35.9 Å². The second-order valence-corrected chi connectivity index (χ2v) is 7.39. The van der Waals surface area contributed by atoms with Crippen LogP contribution in [0.25, 0.3) is 0 Å². The topological polar surface area (TPSA) is 107 Å². The zero-order chi connectivity index (χ0) is 18.6. The van der Waals surface area contributed by atoms with Crippen molar-refractivity contribution in [3.63, 3.8) is 0 Å². The highest BCUT2D eigenvalue weighted by molar-refractivity contribution is 7.89. The van der Waals surface area contributed by atoms with Crippen LogP contribution < -0.4 is 5.73 Å². The Bertz CT molecular complexity index is 892. The summed E-state index contributed by atoms with van der Waals surface area (Å²) in [6, 6.07) is 12.0. The first-order valence-corrected chi connectivity index (χ1v) is 8.73. The number of primary amides is 1. The number of hydrogen-bond acceptors (Lipinski definition) is 5. The molecule has 0 aliphatic heterocycles. The molecular weight excluding hydrogens is 344 g/mol. The molecule has 0 aliphatic rings. The molecule has 0 saturated heterocycles. The van der Waals surface area contributed by atoms with Crippen molar-refractivity contribution in [3.05, 3.63) is 65.2 Å². The van der Waals surface area contributed by atoms with Gasteiger partial charge in [0.2, 0.25) is 15.9 Å². The summed E-state index contributed by atoms with van der Waals surface area (Å²) in [5, 5.41) is 0. The Morgan fingerprint density at radius 1 is 1.08 bits per heavy atom. The van der Waals surface area contributed by atoms with E-state index in [1.54, 1.807) is 12.1 Å². The van der Waals surface area contributed by atoms with Crippen LogP contribution in [-0.2, 0) is 21.3 Å². The van der Waals surface area contributed by atoms with Gasteiger partial charge in [0.05, 0.1) is 17.6 Å². The van der Waals surface area contributed by atoms with Crippen molar-refractivity contribution in [2.24, 2.45) is 5.73 Å². The summed E-state index contributed by atoms with van der Waals surface area (Å²) >= 11 is 0. The number of ether oxygens (including phenoxy) is 1. The van der Waals surface area contributed by atoms with E-state index in [-0.39, 0.29) is 17.0 Å². The maximum Gasteiger partial charge on any atom is 0.337 e. The van der Waals surface area contributed by atoms with Crippen LogP contribution in [0.5, 0.6) is 0 Å². The lowest BCUT2D eigenvalue weighted by molar-refractivity contribution is 0.0600. The van der Waals surface area contributed by atoms with Crippen LogP contribution in [0, 0.1) is 0 Å². The fraction of sp³-hybridized carbons (Fsp3) is 0.176. The van der Waals surface area contributed by atoms with Gasteiger partial charge in [0.25, 0.3) is 0 Å². The van der Waals surface area contributed by atoms with E-state index >= 15 is 0 Å². The van der Waals surface area contributed by atoms with E-state index in [1.807, 2.05) is 0 Å². The molecule has 2 aromatic carbocycles. The lowest BCUT2D eigenvalue weighted by Crippen LogP contribution is -2.26. The molecule has 8 heteroatoms. The molecule has 0 saturated carbocycles. The standard InChI is InChI=1S/C17H18N2O5S/c1-19(11-12-6-8-13(9-7-12)16(18)20)25(22,23)15-5-3-4-14(10-15)17(21)24-2/h3-10H,11H2,1-2H3,(H2,18,20). The molecule has 2 N–H and O–H groups in total. The van der Waals surface area contributed by atoms with E-state index in [1.165, 1.54) is 50.6 Å². The average molecular weight is 362 g/mol. The molecule has 0 heterocycles. The fourth-order valence-electron chi connectivity index (χ4n) is 2.20. The SMILES string of the molecule is COC(=O)c1cccc(S(=O)(=O)N(C)Cc2ccc(C(N)=O)cc2)c1. The van der Waals surface area contributed by atoms with Gasteiger partial charge in [-0.15, -0.1) is 0 Å². The molecule has 0 atom stereocenters. The number of benzene rings is 2. The molecule has 2 rings (SSSR count). The predicted octanol–water partition coefficient (Wildman–Crippen LogP) is 1.39. The van der Waals surface area contributed by atoms with E-state index in [4.69, 9.17) is 5.73 Å². The molecule has 0 aromatic heterocycles. The quantitative estimate of drug-likeness (QED) is 0.782. The van der Waals surface area contributed by atoms with Crippen LogP contribution in [0.1, 0.15) is 26.3 Å². The van der Waals surface area contributed by atoms with E-state index < -0.39 is 21.9 Å². The van der Waals surface area contributed by atoms with Gasteiger partial charge in [-0.1, -0.05) is 18.2 Å². The Morgan fingerprint density at radius 2 is 1.72 bits per heavy atom. The Hall–Kier alpha value is -2.71. The molecule has 0 bridgehead atoms. The maximum absolute atomic E-state index is 12.7. The largest absolute Gasteiger partial charge is 0.465 e. The van der Waals surface area contributed by atoms with Gasteiger partial charge in [0.15, 0.2) is 0 Å². The summed E-state index contributed by atoms with van der Waals surface area (Å²) in [4.78, 5) is 22.6. The third-order valence-corrected chi connectivity index (χ3v) is 5.41. The van der Waals surface area contributed by atoms with Crippen LogP contribution in [0.4, 0.5) is 0 Å². The van der Waals surface area contributed by atoms with E-state index in [0.717, 1.165) is 4.31 Å². The van der Waals surface area contributed by atoms with E-state index in [2.05, 4.69) is 4.74 Å². The number of carbonyl (C=O) groups excluding carboxylic acids is 2. The second-order valence-electron chi connectivity index (χ2n) is 5.34. The molecule has 0 aliphatic carbocycles. The highest BCUT2D eigenvalue weighted by Crippen LogP contribution is 2.19. The second kappa shape index (κ2) is 7.45. The zero-order valence-electron chi connectivity index (χ0n) is 13.8. The van der Waals surface area contributed by atoms with Gasteiger partial charge in [0.1, 0.15) is 0 Å². The zero-order valence-corrected chi connectivity index (χ0v) is 14.6. The summed E-state index contributed by atoms with van der Waals surface area (Å²) < 4.78 is 31.1. The number of methoxy groups -OCH3 is 1. The van der Waals surface area contributed by atoms with Crippen molar-refractivity contribution < 1.29 is 22.7 Å². The van der Waals surface area contributed by atoms with Crippen LogP contribution in [0.2, 0.25) is 0 Å². The number of sulfonamides is 1. The van der Waals surface area contributed by atoms with Gasteiger partial charge < -0.3 is 10.5 Å². The van der Waals surface area contributed by atoms with Crippen LogP contribution in [-0.4, -0.2) is 38.8 Å². The van der Waals surface area contributed by atoms with Crippen LogP contribution in [0.15, 0.2) is 53.4 Å². The Morgan fingerprint density at radius 3 is 2.28 bits per heavy atom. The summed E-state index contributed by atoms with van der Waals surface area (Å²) in [5.41, 5.74) is 6.37. The Balaban J connectivity index is 2.24. The van der Waals surface area contributed by atoms with Crippen LogP contribution in [0.3, 0.4) is 0 Å². The first kappa shape index (κ1) is 18.6. The molecule has 0 fully saturated rings. The molecule has 1 amide bonds. The van der Waals surface area contributed by atoms with E-state index in [0.29, 0.717) is 11.1 Å². The van der Waals surface area contributed by atoms with Crippen molar-refractivity contribution >= 4 is 21.9 Å². The summed E-state index contributed by atoms with van der Waals surface area (Å²) in [7, 11) is -1.13. The number of esters is 1. The number of nitrogens with two attached hydrogens (primary N) is 1. The normalized spacial score (nSPS) is 11.3. The first-order chi connectivity index (χ1) is 11.8. The first-order valence-electron chi connectivity index (χ1n) is 7.29. The lowest BCUT2D eigenvalue weighted by Gasteiger charge is -2.18. The van der Waals surface area contributed by atoms with Crippen molar-refractivity contribution in [1.29, 1.82) is 0 Å². The third kappa shape index (κ3) is 4.23. The number of nitrogens with zero attached hydrogens (tertiary/aromatic N) is 1. The molecule has 0 radical (unpaired) electrons. The summed E-state index contributed by atoms with van der Waals surface area (Å²) in [6.07, 6.45) is 0. The number of amides is 1. The van der Waals surface area contributed by atoms with Crippen LogP contribution >= 0.6 is 0 Å². The van der Waals surface area contributed by atoms with Gasteiger partial charge in [-0.3, -0.25) is 4.79 Å². The van der Waals surface area contributed by atoms with Crippen molar-refractivity contribution in [1.82, 2.24) is 4.31 Å². The van der Waals surface area contributed by atoms with Gasteiger partial charge in [-0.2, -0.15) is 4.31 Å². The molecule has 0 unspecified atom stereocenters. The van der Waals surface area contributed by atoms with Gasteiger partial charge in [-0.25, -0.2) is 13.2 Å². The number of carbonyl (C=O) groups is 2. The minimum atomic E-state index is -3.79. The number of hydrogen-bond donors (Lipinski definition) is 1. The van der Waals surface area contributed by atoms with Gasteiger partial charge >= 0.3 is 5.97 Å². The van der Waals surface area contributed by atoms with Crippen molar-refractivity contribution in [2.45, 2.75) is 11.4 Å². The molecule has 132 valence electrons. The molecule has 25 heavy (non-hydrogen) atoms. The smallest absolute Gasteiger partial charge is 0.337 e. The minimum Gasteiger partial charge on any atom is -0.465 e. The van der Waals surface area contributed by atoms with Crippen molar-refractivity contribution in [2.75, 3.05) is 14.2 Å². The molecule has 2 aromatic rings. The predicted molar refractivity (Wildman–Crippen MR) is 91.4 cm³/mol.